The van der Waals surface area contributed by atoms with Crippen LogP contribution in [-0.4, -0.2) is 101 Å². The maximum Gasteiger partial charge on any atom is 0.341 e. The largest absolute Gasteiger partial charge is 0.422 e. The summed E-state index contributed by atoms with van der Waals surface area (Å²) in [6.45, 7) is 7.46. The van der Waals surface area contributed by atoms with Crippen molar-refractivity contribution >= 4 is 38.5 Å². The Kier molecular flexibility index (Phi) is 8.60. The molecule has 236 valence electrons. The van der Waals surface area contributed by atoms with Gasteiger partial charge in [-0.2, -0.15) is 0 Å². The van der Waals surface area contributed by atoms with E-state index < -0.39 is 27.5 Å². The molecule has 5 rings (SSSR count). The summed E-state index contributed by atoms with van der Waals surface area (Å²) in [5.74, 6) is -1.39. The molecular formula is C31H39N5O7S. The number of hydrogen-bond donors (Lipinski definition) is 1. The van der Waals surface area contributed by atoms with E-state index in [1.807, 2.05) is 13.8 Å². The first-order valence-corrected chi connectivity index (χ1v) is 15.9. The van der Waals surface area contributed by atoms with Crippen molar-refractivity contribution in [3.63, 3.8) is 0 Å². The molecule has 1 fully saturated rings. The first-order valence-electron chi connectivity index (χ1n) is 14.4. The fourth-order valence-electron chi connectivity index (χ4n) is 6.24. The third-order valence-electron chi connectivity index (χ3n) is 8.80. The van der Waals surface area contributed by atoms with E-state index in [4.69, 9.17) is 14.9 Å². The van der Waals surface area contributed by atoms with Crippen molar-refractivity contribution < 1.29 is 27.2 Å². The van der Waals surface area contributed by atoms with Gasteiger partial charge in [0.05, 0.1) is 35.2 Å². The molecule has 0 aliphatic carbocycles. The number of likely N-dealkylation sites (N-methyl/N-ethyl adjacent to an activating group) is 1. The van der Waals surface area contributed by atoms with Crippen molar-refractivity contribution in [2.75, 3.05) is 65.9 Å². The van der Waals surface area contributed by atoms with Gasteiger partial charge in [0.1, 0.15) is 5.58 Å². The summed E-state index contributed by atoms with van der Waals surface area (Å²) in [4.78, 5) is 44.7. The highest BCUT2D eigenvalue weighted by Crippen LogP contribution is 2.36. The fraction of sp³-hybridized carbons (Fsp3) is 0.452. The summed E-state index contributed by atoms with van der Waals surface area (Å²) in [6.07, 6.45) is 0.426. The fourth-order valence-corrected chi connectivity index (χ4v) is 7.36. The normalized spacial score (nSPS) is 17.8. The third-order valence-corrected chi connectivity index (χ3v) is 10.7. The number of hydrogen-bond acceptors (Lipinski definition) is 9. The molecule has 0 radical (unpaired) electrons. The zero-order chi connectivity index (χ0) is 32.1. The monoisotopic (exact) mass is 625 g/mol. The minimum absolute atomic E-state index is 0.0111. The molecular weight excluding hydrogens is 586 g/mol. The summed E-state index contributed by atoms with van der Waals surface area (Å²) in [6, 6.07) is 6.18. The highest BCUT2D eigenvalue weighted by molar-refractivity contribution is 7.89. The molecule has 2 aromatic carbocycles. The standard InChI is InChI=1S/C31H39N5O7S/c1-18-13-25(35-12-11-34(5)21(15-35)17-42-6)19(2)28-27(18)22-9-10-36(16-24(22)31(39)43-28)30(38)20-7-8-23(29(32)37)26(14-20)44(40,41)33(3)4/h7-8,13-14,21H,9-12,15-17H2,1-6H3,(H2,32,37)/t21-/m1/s1. The molecule has 44 heavy (non-hydrogen) atoms. The van der Waals surface area contributed by atoms with Gasteiger partial charge in [-0.3, -0.25) is 14.5 Å². The first-order chi connectivity index (χ1) is 20.8. The van der Waals surface area contributed by atoms with Gasteiger partial charge >= 0.3 is 5.63 Å². The van der Waals surface area contributed by atoms with Crippen LogP contribution in [0.15, 0.2) is 38.4 Å². The molecule has 0 bridgehead atoms. The number of anilines is 1. The predicted molar refractivity (Wildman–Crippen MR) is 167 cm³/mol. The second-order valence-electron chi connectivity index (χ2n) is 11.8. The van der Waals surface area contributed by atoms with Crippen LogP contribution in [0, 0.1) is 13.8 Å². The van der Waals surface area contributed by atoms with Crippen molar-refractivity contribution in [3.8, 4) is 0 Å². The van der Waals surface area contributed by atoms with E-state index >= 15 is 0 Å². The zero-order valence-corrected chi connectivity index (χ0v) is 26.8. The number of primary amides is 1. The van der Waals surface area contributed by atoms with Gasteiger partial charge < -0.3 is 24.7 Å². The maximum atomic E-state index is 13.6. The van der Waals surface area contributed by atoms with Crippen molar-refractivity contribution in [2.45, 2.75) is 37.8 Å². The zero-order valence-electron chi connectivity index (χ0n) is 26.0. The number of amides is 2. The summed E-state index contributed by atoms with van der Waals surface area (Å²) < 4.78 is 38.2. The van der Waals surface area contributed by atoms with Crippen LogP contribution in [0.25, 0.3) is 11.0 Å². The summed E-state index contributed by atoms with van der Waals surface area (Å²) >= 11 is 0. The van der Waals surface area contributed by atoms with E-state index in [0.29, 0.717) is 30.7 Å². The minimum atomic E-state index is -4.06. The molecule has 3 heterocycles. The van der Waals surface area contributed by atoms with Gasteiger partial charge in [-0.1, -0.05) is 0 Å². The van der Waals surface area contributed by atoms with E-state index in [0.717, 1.165) is 51.7 Å². The van der Waals surface area contributed by atoms with Gasteiger partial charge in [-0.15, -0.1) is 0 Å². The van der Waals surface area contributed by atoms with Crippen LogP contribution in [0.3, 0.4) is 0 Å². The highest BCUT2D eigenvalue weighted by atomic mass is 32.2. The van der Waals surface area contributed by atoms with Gasteiger partial charge in [0.15, 0.2) is 0 Å². The smallest absolute Gasteiger partial charge is 0.341 e. The molecule has 2 aliphatic heterocycles. The maximum absolute atomic E-state index is 13.6. The number of sulfonamides is 1. The number of nitrogens with zero attached hydrogens (tertiary/aromatic N) is 4. The van der Waals surface area contributed by atoms with E-state index in [2.05, 4.69) is 22.9 Å². The average molecular weight is 626 g/mol. The van der Waals surface area contributed by atoms with Gasteiger partial charge in [0.2, 0.25) is 15.9 Å². The first kappa shape index (κ1) is 31.6. The molecule has 12 nitrogen and oxygen atoms in total. The van der Waals surface area contributed by atoms with E-state index in [9.17, 15) is 22.8 Å². The average Bonchev–Trinajstić information content (AvgIpc) is 2.99. The van der Waals surface area contributed by atoms with Crippen LogP contribution < -0.4 is 16.3 Å². The molecule has 0 saturated carbocycles. The van der Waals surface area contributed by atoms with Gasteiger partial charge in [0, 0.05) is 69.6 Å². The lowest BCUT2D eigenvalue weighted by atomic mass is 9.92. The Bertz CT molecular complexity index is 1820. The lowest BCUT2D eigenvalue weighted by molar-refractivity contribution is 0.0732. The number of aryl methyl sites for hydroxylation is 2. The van der Waals surface area contributed by atoms with Crippen LogP contribution in [-0.2, 0) is 27.7 Å². The molecule has 2 N–H and O–H groups in total. The number of fused-ring (bicyclic) bond motifs is 3. The van der Waals surface area contributed by atoms with Crippen molar-refractivity contribution in [1.29, 1.82) is 0 Å². The number of carbonyl (C=O) groups excluding carboxylic acids is 2. The van der Waals surface area contributed by atoms with Crippen molar-refractivity contribution in [1.82, 2.24) is 14.1 Å². The molecule has 1 aromatic heterocycles. The Balaban J connectivity index is 1.49. The van der Waals surface area contributed by atoms with Crippen molar-refractivity contribution in [3.05, 3.63) is 68.1 Å². The number of ether oxygens (including phenoxy) is 1. The lowest BCUT2D eigenvalue weighted by Crippen LogP contribution is -2.53. The second kappa shape index (κ2) is 12.0. The topological polar surface area (TPSA) is 147 Å². The number of rotatable bonds is 7. The van der Waals surface area contributed by atoms with Crippen LogP contribution in [0.5, 0.6) is 0 Å². The van der Waals surface area contributed by atoms with E-state index in [1.54, 1.807) is 7.11 Å². The molecule has 3 aromatic rings. The van der Waals surface area contributed by atoms with Gasteiger partial charge in [0.25, 0.3) is 5.91 Å². The van der Waals surface area contributed by atoms with Crippen LogP contribution in [0.4, 0.5) is 5.69 Å². The third kappa shape index (κ3) is 5.49. The van der Waals surface area contributed by atoms with Crippen molar-refractivity contribution in [2.24, 2.45) is 5.73 Å². The second-order valence-corrected chi connectivity index (χ2v) is 13.9. The Morgan fingerprint density at radius 1 is 1.11 bits per heavy atom. The van der Waals surface area contributed by atoms with Gasteiger partial charge in [-0.25, -0.2) is 17.5 Å². The molecule has 2 amide bonds. The van der Waals surface area contributed by atoms with E-state index in [1.165, 1.54) is 37.2 Å². The van der Waals surface area contributed by atoms with Crippen LogP contribution >= 0.6 is 0 Å². The number of carbonyl (C=O) groups is 2. The van der Waals surface area contributed by atoms with Gasteiger partial charge in [-0.05, 0) is 62.7 Å². The molecule has 1 atom stereocenters. The SMILES string of the molecule is COC[C@H]1CN(c2cc(C)c3c4c(c(=O)oc3c2C)CN(C(=O)c2ccc(C(N)=O)c(S(=O)(=O)N(C)C)c2)CC4)CCN1C. The Morgan fingerprint density at radius 2 is 1.84 bits per heavy atom. The minimum Gasteiger partial charge on any atom is -0.422 e. The molecule has 13 heteroatoms. The number of piperazine rings is 1. The molecule has 2 aliphatic rings. The summed E-state index contributed by atoms with van der Waals surface area (Å²) in [5, 5.41) is 0.890. The number of benzene rings is 2. The highest BCUT2D eigenvalue weighted by Gasteiger charge is 2.32. The number of methoxy groups -OCH3 is 1. The van der Waals surface area contributed by atoms with Crippen LogP contribution in [0.2, 0.25) is 0 Å². The summed E-state index contributed by atoms with van der Waals surface area (Å²) in [5.41, 5.74) is 9.53. The lowest BCUT2D eigenvalue weighted by Gasteiger charge is -2.41. The molecule has 1 saturated heterocycles. The molecule has 0 unspecified atom stereocenters. The Labute approximate surface area is 257 Å². The Hall–Kier alpha value is -3.78. The summed E-state index contributed by atoms with van der Waals surface area (Å²) in [7, 11) is 2.40. The Morgan fingerprint density at radius 3 is 2.50 bits per heavy atom. The quantitative estimate of drug-likeness (QED) is 0.388. The van der Waals surface area contributed by atoms with Crippen LogP contribution in [0.1, 0.15) is 43.0 Å². The number of nitrogens with two attached hydrogens (primary N) is 1. The predicted octanol–water partition coefficient (Wildman–Crippen LogP) is 1.72. The van der Waals surface area contributed by atoms with E-state index in [-0.39, 0.29) is 28.6 Å². The molecule has 0 spiro atoms.